The fraction of sp³-hybridized carbons (Fsp3) is 0.217. The number of rotatable bonds is 5. The van der Waals surface area contributed by atoms with E-state index >= 15 is 0 Å². The van der Waals surface area contributed by atoms with Gasteiger partial charge < -0.3 is 0 Å². The second kappa shape index (κ2) is 7.08. The third-order valence-corrected chi connectivity index (χ3v) is 7.19. The Balaban J connectivity index is 2.04. The van der Waals surface area contributed by atoms with Crippen molar-refractivity contribution in [2.45, 2.75) is 24.3 Å². The summed E-state index contributed by atoms with van der Waals surface area (Å²) in [6.45, 7) is 11.3. The quantitative estimate of drug-likeness (QED) is 0.602. The summed E-state index contributed by atoms with van der Waals surface area (Å²) in [7, 11) is -3.75. The van der Waals surface area contributed by atoms with Crippen molar-refractivity contribution < 1.29 is 8.42 Å². The van der Waals surface area contributed by atoms with E-state index in [0.717, 1.165) is 40.7 Å². The molecule has 0 radical (unpaired) electrons. The van der Waals surface area contributed by atoms with Crippen molar-refractivity contribution >= 4 is 20.9 Å². The smallest absolute Gasteiger partial charge is 0.268 e. The second-order valence-corrected chi connectivity index (χ2v) is 8.96. The topological polar surface area (TPSA) is 42.3 Å². The Morgan fingerprint density at radius 2 is 1.82 bits per heavy atom. The standard InChI is InChI=1S/C23H24N2O2S/c1-4-15-24-16-14-20-19-8-6-7-9-22(19)25(23(20)21(24)5-2)28(26,27)18-12-10-17(3)11-13-18/h4-13,21H,1-2,14-16H2,3H3. The van der Waals surface area contributed by atoms with Gasteiger partial charge in [0, 0.05) is 18.5 Å². The van der Waals surface area contributed by atoms with Gasteiger partial charge in [0.1, 0.15) is 0 Å². The summed E-state index contributed by atoms with van der Waals surface area (Å²) in [6.07, 6.45) is 4.48. The lowest BCUT2D eigenvalue weighted by Crippen LogP contribution is -2.36. The van der Waals surface area contributed by atoms with Gasteiger partial charge in [-0.25, -0.2) is 12.4 Å². The third-order valence-electron chi connectivity index (χ3n) is 5.44. The van der Waals surface area contributed by atoms with E-state index < -0.39 is 10.0 Å². The number of nitrogens with zero attached hydrogens (tertiary/aromatic N) is 2. The van der Waals surface area contributed by atoms with Crippen LogP contribution in [-0.4, -0.2) is 30.4 Å². The molecule has 1 aliphatic rings. The number of hydrogen-bond acceptors (Lipinski definition) is 3. The Bertz CT molecular complexity index is 1160. The zero-order chi connectivity index (χ0) is 19.9. The van der Waals surface area contributed by atoms with E-state index in [-0.39, 0.29) is 6.04 Å². The molecule has 0 aliphatic carbocycles. The average molecular weight is 393 g/mol. The first kappa shape index (κ1) is 18.7. The van der Waals surface area contributed by atoms with Crippen LogP contribution in [0.4, 0.5) is 0 Å². The van der Waals surface area contributed by atoms with Gasteiger partial charge in [-0.3, -0.25) is 4.90 Å². The average Bonchev–Trinajstić information content (AvgIpc) is 3.03. The molecule has 144 valence electrons. The normalized spacial score (nSPS) is 17.4. The minimum atomic E-state index is -3.75. The minimum absolute atomic E-state index is 0.186. The molecule has 1 aliphatic heterocycles. The summed E-state index contributed by atoms with van der Waals surface area (Å²) < 4.78 is 28.9. The molecule has 0 saturated carbocycles. The maximum absolute atomic E-state index is 13.7. The molecular weight excluding hydrogens is 368 g/mol. The molecule has 0 N–H and O–H groups in total. The van der Waals surface area contributed by atoms with Gasteiger partial charge in [0.2, 0.25) is 0 Å². The summed E-state index contributed by atoms with van der Waals surface area (Å²) in [5.74, 6) is 0. The summed E-state index contributed by atoms with van der Waals surface area (Å²) in [5, 5.41) is 0.998. The SMILES string of the molecule is C=CCN1CCc2c(n(S(=O)(=O)c3ccc(C)cc3)c3ccccc23)C1C=C. The van der Waals surface area contributed by atoms with Crippen LogP contribution in [0.25, 0.3) is 10.9 Å². The van der Waals surface area contributed by atoms with Crippen LogP contribution >= 0.6 is 0 Å². The molecule has 4 rings (SSSR count). The number of aryl methyl sites for hydroxylation is 1. The Morgan fingerprint density at radius 1 is 1.11 bits per heavy atom. The molecule has 2 heterocycles. The van der Waals surface area contributed by atoms with Crippen molar-refractivity contribution in [3.8, 4) is 0 Å². The van der Waals surface area contributed by atoms with Crippen molar-refractivity contribution in [2.75, 3.05) is 13.1 Å². The first-order valence-corrected chi connectivity index (χ1v) is 10.8. The molecule has 1 unspecified atom stereocenters. The van der Waals surface area contributed by atoms with Gasteiger partial charge in [0.15, 0.2) is 0 Å². The summed E-state index contributed by atoms with van der Waals surface area (Å²) >= 11 is 0. The van der Waals surface area contributed by atoms with Crippen LogP contribution in [0.15, 0.2) is 78.7 Å². The Hall–Kier alpha value is -2.63. The lowest BCUT2D eigenvalue weighted by atomic mass is 9.97. The zero-order valence-electron chi connectivity index (χ0n) is 16.0. The summed E-state index contributed by atoms with van der Waals surface area (Å²) in [4.78, 5) is 2.51. The maximum atomic E-state index is 13.7. The first-order valence-electron chi connectivity index (χ1n) is 9.41. The third kappa shape index (κ3) is 2.82. The van der Waals surface area contributed by atoms with Crippen LogP contribution in [0, 0.1) is 6.92 Å². The van der Waals surface area contributed by atoms with Crippen molar-refractivity contribution in [1.82, 2.24) is 8.87 Å². The van der Waals surface area contributed by atoms with Crippen LogP contribution in [-0.2, 0) is 16.4 Å². The lowest BCUT2D eigenvalue weighted by Gasteiger charge is -2.34. The van der Waals surface area contributed by atoms with E-state index in [2.05, 4.69) is 18.1 Å². The highest BCUT2D eigenvalue weighted by Crippen LogP contribution is 2.39. The highest BCUT2D eigenvalue weighted by molar-refractivity contribution is 7.90. The Labute approximate surface area is 166 Å². The lowest BCUT2D eigenvalue weighted by molar-refractivity contribution is 0.239. The molecule has 3 aromatic rings. The molecule has 0 bridgehead atoms. The van der Waals surface area contributed by atoms with Crippen LogP contribution in [0.5, 0.6) is 0 Å². The molecule has 0 amide bonds. The summed E-state index contributed by atoms with van der Waals surface area (Å²) in [5.41, 5.74) is 3.64. The molecule has 2 aromatic carbocycles. The van der Waals surface area contributed by atoms with Crippen molar-refractivity contribution in [1.29, 1.82) is 0 Å². The Morgan fingerprint density at radius 3 is 2.50 bits per heavy atom. The van der Waals surface area contributed by atoms with Gasteiger partial charge in [-0.2, -0.15) is 0 Å². The van der Waals surface area contributed by atoms with Gasteiger partial charge in [0.25, 0.3) is 10.0 Å². The molecule has 1 aromatic heterocycles. The number of hydrogen-bond donors (Lipinski definition) is 0. The van der Waals surface area contributed by atoms with Gasteiger partial charge in [-0.05, 0) is 37.1 Å². The highest BCUT2D eigenvalue weighted by atomic mass is 32.2. The Kier molecular flexibility index (Phi) is 4.73. The molecule has 28 heavy (non-hydrogen) atoms. The molecule has 0 saturated heterocycles. The number of para-hydroxylation sites is 1. The van der Waals surface area contributed by atoms with E-state index in [9.17, 15) is 8.42 Å². The molecule has 5 heteroatoms. The van der Waals surface area contributed by atoms with Gasteiger partial charge in [-0.1, -0.05) is 48.0 Å². The minimum Gasteiger partial charge on any atom is -0.288 e. The van der Waals surface area contributed by atoms with Crippen LogP contribution in [0.3, 0.4) is 0 Å². The molecule has 0 fully saturated rings. The van der Waals surface area contributed by atoms with Gasteiger partial charge >= 0.3 is 0 Å². The molecule has 4 nitrogen and oxygen atoms in total. The van der Waals surface area contributed by atoms with Crippen LogP contribution < -0.4 is 0 Å². The van der Waals surface area contributed by atoms with Crippen molar-refractivity contribution in [2.24, 2.45) is 0 Å². The van der Waals surface area contributed by atoms with Gasteiger partial charge in [0.05, 0.1) is 22.1 Å². The van der Waals surface area contributed by atoms with E-state index in [1.165, 1.54) is 3.97 Å². The zero-order valence-corrected chi connectivity index (χ0v) is 16.8. The maximum Gasteiger partial charge on any atom is 0.268 e. The van der Waals surface area contributed by atoms with E-state index in [1.54, 1.807) is 12.1 Å². The molecule has 1 atom stereocenters. The summed E-state index contributed by atoms with van der Waals surface area (Å²) in [6, 6.07) is 14.6. The monoisotopic (exact) mass is 392 g/mol. The number of benzene rings is 2. The van der Waals surface area contributed by atoms with Crippen molar-refractivity contribution in [3.63, 3.8) is 0 Å². The number of fused-ring (bicyclic) bond motifs is 3. The predicted molar refractivity (Wildman–Crippen MR) is 114 cm³/mol. The number of aromatic nitrogens is 1. The van der Waals surface area contributed by atoms with E-state index in [0.29, 0.717) is 11.4 Å². The largest absolute Gasteiger partial charge is 0.288 e. The van der Waals surface area contributed by atoms with Crippen LogP contribution in [0.1, 0.15) is 22.9 Å². The van der Waals surface area contributed by atoms with E-state index in [1.807, 2.05) is 55.5 Å². The second-order valence-electron chi connectivity index (χ2n) is 7.18. The van der Waals surface area contributed by atoms with Crippen LogP contribution in [0.2, 0.25) is 0 Å². The first-order chi connectivity index (χ1) is 13.5. The molecular formula is C23H24N2O2S. The van der Waals surface area contributed by atoms with Crippen molar-refractivity contribution in [3.05, 3.63) is 90.7 Å². The van der Waals surface area contributed by atoms with Gasteiger partial charge in [-0.15, -0.1) is 13.2 Å². The predicted octanol–water partition coefficient (Wildman–Crippen LogP) is 4.46. The van der Waals surface area contributed by atoms with E-state index in [4.69, 9.17) is 0 Å². The highest BCUT2D eigenvalue weighted by Gasteiger charge is 2.34. The fourth-order valence-corrected chi connectivity index (χ4v) is 5.72. The molecule has 0 spiro atoms. The fourth-order valence-electron chi connectivity index (χ4n) is 4.13.